The summed E-state index contributed by atoms with van der Waals surface area (Å²) in [5.74, 6) is -2.08. The van der Waals surface area contributed by atoms with Gasteiger partial charge in [0.15, 0.2) is 0 Å². The summed E-state index contributed by atoms with van der Waals surface area (Å²) >= 11 is 5.86. The molecule has 3 rings (SSSR count). The third-order valence-electron chi connectivity index (χ3n) is 4.33. The standard InChI is InChI=1S/C22H19ClF2N2O4S/c1-2-31-18-8-6-17(7-9-18)27(32(29,30)19-10-3-15(23)4-11-19)14-22(28)26-21-12-5-16(24)13-20(21)25/h3-13H,2,14H2,1H3,(H,26,28). The van der Waals surface area contributed by atoms with Gasteiger partial charge in [-0.25, -0.2) is 17.2 Å². The number of hydrogen-bond donors (Lipinski definition) is 1. The van der Waals surface area contributed by atoms with Gasteiger partial charge in [0.1, 0.15) is 23.9 Å². The molecule has 1 amide bonds. The maximum atomic E-state index is 13.9. The van der Waals surface area contributed by atoms with Crippen molar-refractivity contribution in [2.75, 3.05) is 22.8 Å². The molecule has 0 saturated carbocycles. The van der Waals surface area contributed by atoms with Gasteiger partial charge in [-0.1, -0.05) is 11.6 Å². The normalized spacial score (nSPS) is 11.1. The molecule has 1 N–H and O–H groups in total. The Morgan fingerprint density at radius 3 is 2.28 bits per heavy atom. The summed E-state index contributed by atoms with van der Waals surface area (Å²) in [5, 5.41) is 2.62. The van der Waals surface area contributed by atoms with E-state index in [-0.39, 0.29) is 16.3 Å². The number of anilines is 2. The minimum atomic E-state index is -4.18. The molecular weight excluding hydrogens is 462 g/mol. The number of hydrogen-bond acceptors (Lipinski definition) is 4. The molecule has 0 radical (unpaired) electrons. The van der Waals surface area contributed by atoms with E-state index in [1.165, 1.54) is 36.4 Å². The molecular formula is C22H19ClF2N2O4S. The van der Waals surface area contributed by atoms with E-state index >= 15 is 0 Å². The number of nitrogens with one attached hydrogen (secondary N) is 1. The topological polar surface area (TPSA) is 75.7 Å². The van der Waals surface area contributed by atoms with Gasteiger partial charge in [-0.05, 0) is 67.6 Å². The Hall–Kier alpha value is -3.17. The molecule has 0 spiro atoms. The van der Waals surface area contributed by atoms with Crippen molar-refractivity contribution in [2.45, 2.75) is 11.8 Å². The van der Waals surface area contributed by atoms with Gasteiger partial charge in [0, 0.05) is 11.1 Å². The number of nitrogens with zero attached hydrogens (tertiary/aromatic N) is 1. The predicted octanol–water partition coefficient (Wildman–Crippen LogP) is 4.85. The summed E-state index contributed by atoms with van der Waals surface area (Å²) in [4.78, 5) is 12.5. The lowest BCUT2D eigenvalue weighted by Gasteiger charge is -2.24. The fourth-order valence-corrected chi connectivity index (χ4v) is 4.38. The van der Waals surface area contributed by atoms with E-state index in [4.69, 9.17) is 16.3 Å². The van der Waals surface area contributed by atoms with Crippen LogP contribution in [0, 0.1) is 11.6 Å². The second kappa shape index (κ2) is 9.97. The smallest absolute Gasteiger partial charge is 0.264 e. The number of carbonyl (C=O) groups excluding carboxylic acids is 1. The van der Waals surface area contributed by atoms with Crippen LogP contribution in [0.4, 0.5) is 20.2 Å². The molecule has 0 aliphatic carbocycles. The summed E-state index contributed by atoms with van der Waals surface area (Å²) in [6, 6.07) is 14.2. The molecule has 0 fully saturated rings. The van der Waals surface area contributed by atoms with E-state index in [0.717, 1.165) is 16.4 Å². The number of ether oxygens (including phenoxy) is 1. The molecule has 0 aliphatic heterocycles. The second-order valence-electron chi connectivity index (χ2n) is 6.56. The number of benzene rings is 3. The molecule has 3 aromatic rings. The summed E-state index contributed by atoms with van der Waals surface area (Å²) in [7, 11) is -4.18. The summed E-state index contributed by atoms with van der Waals surface area (Å²) in [6.45, 7) is 1.58. The van der Waals surface area contributed by atoms with Crippen molar-refractivity contribution in [3.63, 3.8) is 0 Å². The lowest BCUT2D eigenvalue weighted by atomic mass is 10.3. The van der Waals surface area contributed by atoms with Crippen molar-refractivity contribution in [1.82, 2.24) is 0 Å². The van der Waals surface area contributed by atoms with Crippen molar-refractivity contribution >= 4 is 38.9 Å². The van der Waals surface area contributed by atoms with Crippen molar-refractivity contribution in [2.24, 2.45) is 0 Å². The molecule has 0 unspecified atom stereocenters. The Labute approximate surface area is 189 Å². The van der Waals surface area contributed by atoms with Gasteiger partial charge in [-0.3, -0.25) is 9.10 Å². The maximum absolute atomic E-state index is 13.9. The van der Waals surface area contributed by atoms with Crippen LogP contribution < -0.4 is 14.4 Å². The number of rotatable bonds is 8. The number of halogens is 3. The van der Waals surface area contributed by atoms with Crippen LogP contribution in [0.3, 0.4) is 0 Å². The van der Waals surface area contributed by atoms with Gasteiger partial charge in [0.2, 0.25) is 5.91 Å². The molecule has 32 heavy (non-hydrogen) atoms. The highest BCUT2D eigenvalue weighted by Crippen LogP contribution is 2.27. The van der Waals surface area contributed by atoms with Gasteiger partial charge >= 0.3 is 0 Å². The second-order valence-corrected chi connectivity index (χ2v) is 8.86. The summed E-state index contributed by atoms with van der Waals surface area (Å²) in [6.07, 6.45) is 0. The van der Waals surface area contributed by atoms with E-state index in [1.54, 1.807) is 12.1 Å². The van der Waals surface area contributed by atoms with Crippen molar-refractivity contribution in [1.29, 1.82) is 0 Å². The fourth-order valence-electron chi connectivity index (χ4n) is 2.84. The maximum Gasteiger partial charge on any atom is 0.264 e. The van der Waals surface area contributed by atoms with Gasteiger partial charge in [0.25, 0.3) is 10.0 Å². The molecule has 0 aliphatic rings. The first kappa shape index (κ1) is 23.5. The van der Waals surface area contributed by atoms with E-state index in [1.807, 2.05) is 6.92 Å². The number of amides is 1. The van der Waals surface area contributed by atoms with E-state index < -0.39 is 34.1 Å². The molecule has 3 aromatic carbocycles. The molecule has 0 bridgehead atoms. The molecule has 0 saturated heterocycles. The highest BCUT2D eigenvalue weighted by Gasteiger charge is 2.27. The Balaban J connectivity index is 1.94. The SMILES string of the molecule is CCOc1ccc(N(CC(=O)Nc2ccc(F)cc2F)S(=O)(=O)c2ccc(Cl)cc2)cc1. The minimum absolute atomic E-state index is 0.0865. The first-order valence-corrected chi connectivity index (χ1v) is 11.3. The lowest BCUT2D eigenvalue weighted by molar-refractivity contribution is -0.114. The van der Waals surface area contributed by atoms with Gasteiger partial charge in [-0.2, -0.15) is 0 Å². The Morgan fingerprint density at radius 1 is 1.03 bits per heavy atom. The third-order valence-corrected chi connectivity index (χ3v) is 6.37. The summed E-state index contributed by atoms with van der Waals surface area (Å²) < 4.78 is 59.9. The van der Waals surface area contributed by atoms with Crippen LogP contribution in [0.25, 0.3) is 0 Å². The van der Waals surface area contributed by atoms with Crippen LogP contribution in [-0.4, -0.2) is 27.5 Å². The Kier molecular flexibility index (Phi) is 7.32. The Bertz CT molecular complexity index is 1200. The average molecular weight is 481 g/mol. The fraction of sp³-hybridized carbons (Fsp3) is 0.136. The predicted molar refractivity (Wildman–Crippen MR) is 119 cm³/mol. The molecule has 0 aromatic heterocycles. The first-order valence-electron chi connectivity index (χ1n) is 9.47. The average Bonchev–Trinajstić information content (AvgIpc) is 2.75. The monoisotopic (exact) mass is 480 g/mol. The molecule has 0 heterocycles. The van der Waals surface area contributed by atoms with Crippen LogP contribution in [0.1, 0.15) is 6.92 Å². The van der Waals surface area contributed by atoms with Crippen molar-refractivity contribution < 1.29 is 26.7 Å². The molecule has 6 nitrogen and oxygen atoms in total. The third kappa shape index (κ3) is 5.54. The van der Waals surface area contributed by atoms with E-state index in [2.05, 4.69) is 5.32 Å². The van der Waals surface area contributed by atoms with Crippen LogP contribution in [0.5, 0.6) is 5.75 Å². The number of sulfonamides is 1. The highest BCUT2D eigenvalue weighted by molar-refractivity contribution is 7.92. The van der Waals surface area contributed by atoms with Gasteiger partial charge in [0.05, 0.1) is 22.9 Å². The van der Waals surface area contributed by atoms with Crippen LogP contribution >= 0.6 is 11.6 Å². The zero-order valence-electron chi connectivity index (χ0n) is 16.9. The molecule has 168 valence electrons. The largest absolute Gasteiger partial charge is 0.494 e. The zero-order valence-corrected chi connectivity index (χ0v) is 18.5. The number of carbonyl (C=O) groups is 1. The molecule has 0 atom stereocenters. The van der Waals surface area contributed by atoms with E-state index in [9.17, 15) is 22.0 Å². The van der Waals surface area contributed by atoms with Gasteiger partial charge < -0.3 is 10.1 Å². The van der Waals surface area contributed by atoms with Crippen LogP contribution in [-0.2, 0) is 14.8 Å². The van der Waals surface area contributed by atoms with Crippen molar-refractivity contribution in [3.05, 3.63) is 83.4 Å². The van der Waals surface area contributed by atoms with Crippen LogP contribution in [0.15, 0.2) is 71.6 Å². The van der Waals surface area contributed by atoms with E-state index in [0.29, 0.717) is 23.4 Å². The zero-order chi connectivity index (χ0) is 23.3. The van der Waals surface area contributed by atoms with Crippen LogP contribution in [0.2, 0.25) is 5.02 Å². The minimum Gasteiger partial charge on any atom is -0.494 e. The lowest BCUT2D eigenvalue weighted by Crippen LogP contribution is -2.38. The first-order chi connectivity index (χ1) is 15.2. The Morgan fingerprint density at radius 2 is 1.69 bits per heavy atom. The summed E-state index contributed by atoms with van der Waals surface area (Å²) in [5.41, 5.74) is -0.0786. The van der Waals surface area contributed by atoms with Gasteiger partial charge in [-0.15, -0.1) is 0 Å². The molecule has 10 heteroatoms. The quantitative estimate of drug-likeness (QED) is 0.500. The van der Waals surface area contributed by atoms with Crippen molar-refractivity contribution in [3.8, 4) is 5.75 Å². The highest BCUT2D eigenvalue weighted by atomic mass is 35.5.